The van der Waals surface area contributed by atoms with Crippen LogP contribution in [-0.4, -0.2) is 24.9 Å². The SMILES string of the molecule is C=CCOc1ccc(CNCC(CC)CCO)cc1. The van der Waals surface area contributed by atoms with E-state index >= 15 is 0 Å². The molecule has 0 radical (unpaired) electrons. The monoisotopic (exact) mass is 263 g/mol. The fourth-order valence-corrected chi connectivity index (χ4v) is 1.91. The molecule has 0 saturated heterocycles. The van der Waals surface area contributed by atoms with E-state index in [0.29, 0.717) is 12.5 Å². The summed E-state index contributed by atoms with van der Waals surface area (Å²) in [6.07, 6.45) is 3.71. The number of aliphatic hydroxyl groups is 1. The van der Waals surface area contributed by atoms with Crippen molar-refractivity contribution < 1.29 is 9.84 Å². The van der Waals surface area contributed by atoms with E-state index in [1.165, 1.54) is 5.56 Å². The van der Waals surface area contributed by atoms with Crippen LogP contribution in [0.15, 0.2) is 36.9 Å². The zero-order valence-corrected chi connectivity index (χ0v) is 11.8. The second-order valence-electron chi connectivity index (χ2n) is 4.66. The van der Waals surface area contributed by atoms with Crippen LogP contribution in [0.4, 0.5) is 0 Å². The van der Waals surface area contributed by atoms with Gasteiger partial charge in [0.2, 0.25) is 0 Å². The predicted octanol–water partition coefficient (Wildman–Crippen LogP) is 2.75. The van der Waals surface area contributed by atoms with Gasteiger partial charge < -0.3 is 15.2 Å². The van der Waals surface area contributed by atoms with E-state index in [1.54, 1.807) is 6.08 Å². The van der Waals surface area contributed by atoms with Crippen LogP contribution in [0.2, 0.25) is 0 Å². The van der Waals surface area contributed by atoms with Crippen molar-refractivity contribution in [3.8, 4) is 5.75 Å². The third-order valence-electron chi connectivity index (χ3n) is 3.17. The van der Waals surface area contributed by atoms with Gasteiger partial charge in [0.15, 0.2) is 0 Å². The van der Waals surface area contributed by atoms with Gasteiger partial charge in [-0.05, 0) is 36.6 Å². The molecule has 0 bridgehead atoms. The average molecular weight is 263 g/mol. The number of hydrogen-bond acceptors (Lipinski definition) is 3. The third-order valence-corrected chi connectivity index (χ3v) is 3.17. The maximum absolute atomic E-state index is 8.94. The van der Waals surface area contributed by atoms with Crippen molar-refractivity contribution in [1.82, 2.24) is 5.32 Å². The van der Waals surface area contributed by atoms with Crippen LogP contribution < -0.4 is 10.1 Å². The van der Waals surface area contributed by atoms with Crippen molar-refractivity contribution in [3.63, 3.8) is 0 Å². The highest BCUT2D eigenvalue weighted by molar-refractivity contribution is 5.27. The summed E-state index contributed by atoms with van der Waals surface area (Å²) in [5.41, 5.74) is 1.24. The molecule has 1 rings (SSSR count). The molecule has 1 atom stereocenters. The topological polar surface area (TPSA) is 41.5 Å². The van der Waals surface area contributed by atoms with Crippen molar-refractivity contribution in [3.05, 3.63) is 42.5 Å². The lowest BCUT2D eigenvalue weighted by Crippen LogP contribution is -2.22. The van der Waals surface area contributed by atoms with E-state index in [4.69, 9.17) is 9.84 Å². The first-order chi connectivity index (χ1) is 9.30. The van der Waals surface area contributed by atoms with Crippen LogP contribution in [0.3, 0.4) is 0 Å². The molecule has 0 aliphatic carbocycles. The molecule has 2 N–H and O–H groups in total. The van der Waals surface area contributed by atoms with Gasteiger partial charge in [0.05, 0.1) is 0 Å². The van der Waals surface area contributed by atoms with Crippen molar-refractivity contribution in [1.29, 1.82) is 0 Å². The van der Waals surface area contributed by atoms with Crippen molar-refractivity contribution in [2.24, 2.45) is 5.92 Å². The lowest BCUT2D eigenvalue weighted by Gasteiger charge is -2.14. The van der Waals surface area contributed by atoms with Crippen LogP contribution in [0.25, 0.3) is 0 Å². The Morgan fingerprint density at radius 3 is 2.68 bits per heavy atom. The molecule has 0 aliphatic rings. The highest BCUT2D eigenvalue weighted by Crippen LogP contribution is 2.12. The second-order valence-corrected chi connectivity index (χ2v) is 4.66. The van der Waals surface area contributed by atoms with Gasteiger partial charge in [-0.2, -0.15) is 0 Å². The second kappa shape index (κ2) is 9.59. The van der Waals surface area contributed by atoms with Gasteiger partial charge >= 0.3 is 0 Å². The maximum Gasteiger partial charge on any atom is 0.119 e. The molecule has 0 fully saturated rings. The lowest BCUT2D eigenvalue weighted by molar-refractivity contribution is 0.251. The molecule has 0 aromatic heterocycles. The Hall–Kier alpha value is -1.32. The fourth-order valence-electron chi connectivity index (χ4n) is 1.91. The number of ether oxygens (including phenoxy) is 1. The molecule has 0 saturated carbocycles. The Morgan fingerprint density at radius 1 is 1.37 bits per heavy atom. The molecule has 1 unspecified atom stereocenters. The molecule has 106 valence electrons. The third kappa shape index (κ3) is 6.41. The largest absolute Gasteiger partial charge is 0.490 e. The van der Waals surface area contributed by atoms with E-state index in [2.05, 4.69) is 31.0 Å². The number of hydrogen-bond donors (Lipinski definition) is 2. The molecular formula is C16H25NO2. The number of nitrogens with one attached hydrogen (secondary N) is 1. The van der Waals surface area contributed by atoms with E-state index < -0.39 is 0 Å². The van der Waals surface area contributed by atoms with Gasteiger partial charge in [-0.1, -0.05) is 38.1 Å². The summed E-state index contributed by atoms with van der Waals surface area (Å²) < 4.78 is 5.44. The molecule has 0 amide bonds. The minimum Gasteiger partial charge on any atom is -0.490 e. The van der Waals surface area contributed by atoms with Crippen molar-refractivity contribution >= 4 is 0 Å². The quantitative estimate of drug-likeness (QED) is 0.638. The van der Waals surface area contributed by atoms with Gasteiger partial charge in [-0.25, -0.2) is 0 Å². The molecular weight excluding hydrogens is 238 g/mol. The summed E-state index contributed by atoms with van der Waals surface area (Å²) in [5, 5.41) is 12.4. The Labute approximate surface area is 116 Å². The van der Waals surface area contributed by atoms with Gasteiger partial charge in [-0.3, -0.25) is 0 Å². The van der Waals surface area contributed by atoms with E-state index in [-0.39, 0.29) is 6.61 Å². The first-order valence-corrected chi connectivity index (χ1v) is 6.94. The summed E-state index contributed by atoms with van der Waals surface area (Å²) in [4.78, 5) is 0. The average Bonchev–Trinajstić information content (AvgIpc) is 2.45. The van der Waals surface area contributed by atoms with E-state index in [1.807, 2.05) is 12.1 Å². The first-order valence-electron chi connectivity index (χ1n) is 6.94. The standard InChI is InChI=1S/C16H25NO2/c1-3-11-19-16-7-5-15(6-8-16)13-17-12-14(4-2)9-10-18/h3,5-8,14,17-18H,1,4,9-13H2,2H3. The van der Waals surface area contributed by atoms with Crippen molar-refractivity contribution in [2.75, 3.05) is 19.8 Å². The summed E-state index contributed by atoms with van der Waals surface area (Å²) in [5.74, 6) is 1.43. The molecule has 19 heavy (non-hydrogen) atoms. The Kier molecular flexibility index (Phi) is 7.94. The van der Waals surface area contributed by atoms with Crippen LogP contribution in [0.5, 0.6) is 5.75 Å². The van der Waals surface area contributed by atoms with Crippen LogP contribution in [0, 0.1) is 5.92 Å². The zero-order valence-electron chi connectivity index (χ0n) is 11.8. The van der Waals surface area contributed by atoms with Crippen LogP contribution in [-0.2, 0) is 6.54 Å². The zero-order chi connectivity index (χ0) is 13.9. The highest BCUT2D eigenvalue weighted by atomic mass is 16.5. The smallest absolute Gasteiger partial charge is 0.119 e. The van der Waals surface area contributed by atoms with Crippen molar-refractivity contribution in [2.45, 2.75) is 26.3 Å². The van der Waals surface area contributed by atoms with E-state index in [9.17, 15) is 0 Å². The highest BCUT2D eigenvalue weighted by Gasteiger charge is 2.04. The van der Waals surface area contributed by atoms with E-state index in [0.717, 1.165) is 31.7 Å². The molecule has 3 nitrogen and oxygen atoms in total. The summed E-state index contributed by atoms with van der Waals surface area (Å²) in [6, 6.07) is 8.09. The van der Waals surface area contributed by atoms with Gasteiger partial charge in [0.25, 0.3) is 0 Å². The minimum atomic E-state index is 0.273. The first kappa shape index (κ1) is 15.7. The molecule has 0 aliphatic heterocycles. The summed E-state index contributed by atoms with van der Waals surface area (Å²) in [6.45, 7) is 8.39. The fraction of sp³-hybridized carbons (Fsp3) is 0.500. The molecule has 0 heterocycles. The van der Waals surface area contributed by atoms with Crippen LogP contribution in [0.1, 0.15) is 25.3 Å². The Bertz CT molecular complexity index is 348. The Balaban J connectivity index is 2.30. The molecule has 1 aromatic rings. The number of aliphatic hydroxyl groups excluding tert-OH is 1. The summed E-state index contributed by atoms with van der Waals surface area (Å²) in [7, 11) is 0. The lowest BCUT2D eigenvalue weighted by atomic mass is 10.0. The predicted molar refractivity (Wildman–Crippen MR) is 79.3 cm³/mol. The Morgan fingerprint density at radius 2 is 2.11 bits per heavy atom. The molecule has 3 heteroatoms. The molecule has 1 aromatic carbocycles. The van der Waals surface area contributed by atoms with Gasteiger partial charge in [-0.15, -0.1) is 0 Å². The van der Waals surface area contributed by atoms with Gasteiger partial charge in [0.1, 0.15) is 12.4 Å². The van der Waals surface area contributed by atoms with Crippen LogP contribution >= 0.6 is 0 Å². The number of rotatable bonds is 10. The minimum absolute atomic E-state index is 0.273. The normalized spacial score (nSPS) is 12.1. The maximum atomic E-state index is 8.94. The van der Waals surface area contributed by atoms with Gasteiger partial charge in [0, 0.05) is 13.2 Å². The summed E-state index contributed by atoms with van der Waals surface area (Å²) >= 11 is 0. The number of benzene rings is 1. The molecule has 0 spiro atoms.